The third kappa shape index (κ3) is 2.14. The Labute approximate surface area is 100 Å². The van der Waals surface area contributed by atoms with Gasteiger partial charge in [-0.3, -0.25) is 14.9 Å². The predicted octanol–water partition coefficient (Wildman–Crippen LogP) is 2.11. The van der Waals surface area contributed by atoms with Gasteiger partial charge in [-0.05, 0) is 18.6 Å². The number of hydrogen-bond donors (Lipinski definition) is 1. The van der Waals surface area contributed by atoms with E-state index in [2.05, 4.69) is 21.2 Å². The smallest absolute Gasteiger partial charge is 0.234 e. The number of nitrogens with one attached hydrogen (secondary N) is 1. The first-order valence-corrected chi connectivity index (χ1v) is 5.66. The Kier molecular flexibility index (Phi) is 3.05. The third-order valence-corrected chi connectivity index (χ3v) is 3.07. The lowest BCUT2D eigenvalue weighted by Gasteiger charge is -2.21. The second kappa shape index (κ2) is 4.33. The lowest BCUT2D eigenvalue weighted by molar-refractivity contribution is -0.134. The first kappa shape index (κ1) is 11.3. The molecule has 1 aromatic rings. The Morgan fingerprint density at radius 2 is 2.12 bits per heavy atom. The molecule has 0 bridgehead atoms. The molecule has 1 aliphatic heterocycles. The van der Waals surface area contributed by atoms with Crippen LogP contribution in [0.4, 0.5) is 4.39 Å². The molecule has 1 aromatic carbocycles. The quantitative estimate of drug-likeness (QED) is 0.804. The fraction of sp³-hybridized carbons (Fsp3) is 0.273. The zero-order valence-corrected chi connectivity index (χ0v) is 9.88. The minimum absolute atomic E-state index is 0.256. The summed E-state index contributed by atoms with van der Waals surface area (Å²) in [6, 6.07) is 4.57. The van der Waals surface area contributed by atoms with Crippen molar-refractivity contribution in [3.05, 3.63) is 34.1 Å². The minimum atomic E-state index is -0.564. The SMILES string of the molecule is O=C1CCC(c2ccc(Br)cc2F)C(=O)N1. The van der Waals surface area contributed by atoms with Gasteiger partial charge in [-0.25, -0.2) is 4.39 Å². The van der Waals surface area contributed by atoms with E-state index < -0.39 is 17.6 Å². The maximum absolute atomic E-state index is 13.6. The Morgan fingerprint density at radius 1 is 1.38 bits per heavy atom. The van der Waals surface area contributed by atoms with Crippen LogP contribution < -0.4 is 5.32 Å². The van der Waals surface area contributed by atoms with E-state index in [0.717, 1.165) is 0 Å². The van der Waals surface area contributed by atoms with Crippen LogP contribution in [0.2, 0.25) is 0 Å². The summed E-state index contributed by atoms with van der Waals surface area (Å²) in [7, 11) is 0. The fourth-order valence-electron chi connectivity index (χ4n) is 1.77. The van der Waals surface area contributed by atoms with Crippen LogP contribution in [-0.4, -0.2) is 11.8 Å². The van der Waals surface area contributed by atoms with E-state index in [0.29, 0.717) is 16.5 Å². The number of carbonyl (C=O) groups excluding carboxylic acids is 2. The molecule has 1 unspecified atom stereocenters. The van der Waals surface area contributed by atoms with Gasteiger partial charge in [0.25, 0.3) is 0 Å². The second-order valence-corrected chi connectivity index (χ2v) is 4.59. The van der Waals surface area contributed by atoms with Gasteiger partial charge in [0.15, 0.2) is 0 Å². The molecule has 0 aliphatic carbocycles. The van der Waals surface area contributed by atoms with Crippen molar-refractivity contribution in [1.82, 2.24) is 5.32 Å². The molecule has 0 spiro atoms. The summed E-state index contributed by atoms with van der Waals surface area (Å²) in [6.45, 7) is 0. The van der Waals surface area contributed by atoms with Crippen LogP contribution in [0.5, 0.6) is 0 Å². The van der Waals surface area contributed by atoms with Gasteiger partial charge in [0, 0.05) is 16.5 Å². The minimum Gasteiger partial charge on any atom is -0.296 e. The molecule has 0 saturated carbocycles. The first-order valence-electron chi connectivity index (χ1n) is 4.86. The molecule has 5 heteroatoms. The largest absolute Gasteiger partial charge is 0.296 e. The van der Waals surface area contributed by atoms with Crippen LogP contribution >= 0.6 is 15.9 Å². The van der Waals surface area contributed by atoms with Crippen LogP contribution in [0.25, 0.3) is 0 Å². The Bertz CT molecular complexity index is 461. The molecule has 1 N–H and O–H groups in total. The average Bonchev–Trinajstić information content (AvgIpc) is 2.19. The Balaban J connectivity index is 2.30. The van der Waals surface area contributed by atoms with E-state index in [-0.39, 0.29) is 12.3 Å². The molecule has 0 radical (unpaired) electrons. The van der Waals surface area contributed by atoms with Gasteiger partial charge in [-0.2, -0.15) is 0 Å². The van der Waals surface area contributed by atoms with Crippen molar-refractivity contribution in [2.75, 3.05) is 0 Å². The van der Waals surface area contributed by atoms with E-state index in [1.165, 1.54) is 6.07 Å². The van der Waals surface area contributed by atoms with E-state index in [1.54, 1.807) is 12.1 Å². The zero-order valence-electron chi connectivity index (χ0n) is 8.30. The van der Waals surface area contributed by atoms with Crippen LogP contribution in [0.15, 0.2) is 22.7 Å². The normalized spacial score (nSPS) is 20.8. The lowest BCUT2D eigenvalue weighted by Crippen LogP contribution is -2.39. The highest BCUT2D eigenvalue weighted by molar-refractivity contribution is 9.10. The van der Waals surface area contributed by atoms with Crippen molar-refractivity contribution in [1.29, 1.82) is 0 Å². The molecular formula is C11H9BrFNO2. The average molecular weight is 286 g/mol. The number of benzene rings is 1. The van der Waals surface area contributed by atoms with E-state index in [9.17, 15) is 14.0 Å². The van der Waals surface area contributed by atoms with Crippen LogP contribution in [-0.2, 0) is 9.59 Å². The molecule has 1 aliphatic rings. The van der Waals surface area contributed by atoms with Gasteiger partial charge in [0.05, 0.1) is 5.92 Å². The molecule has 1 fully saturated rings. The maximum Gasteiger partial charge on any atom is 0.234 e. The highest BCUT2D eigenvalue weighted by Crippen LogP contribution is 2.28. The van der Waals surface area contributed by atoms with Gasteiger partial charge >= 0.3 is 0 Å². The lowest BCUT2D eigenvalue weighted by atomic mass is 9.90. The summed E-state index contributed by atoms with van der Waals surface area (Å²) in [6.07, 6.45) is 0.620. The second-order valence-electron chi connectivity index (χ2n) is 3.67. The summed E-state index contributed by atoms with van der Waals surface area (Å²) >= 11 is 3.15. The number of amides is 2. The number of hydrogen-bond acceptors (Lipinski definition) is 2. The summed E-state index contributed by atoms with van der Waals surface area (Å²) in [5.74, 6) is -1.70. The molecular weight excluding hydrogens is 277 g/mol. The molecule has 0 aromatic heterocycles. The van der Waals surface area contributed by atoms with Crippen molar-refractivity contribution < 1.29 is 14.0 Å². The third-order valence-electron chi connectivity index (χ3n) is 2.58. The van der Waals surface area contributed by atoms with Crippen molar-refractivity contribution in [2.45, 2.75) is 18.8 Å². The van der Waals surface area contributed by atoms with Crippen LogP contribution in [0.3, 0.4) is 0 Å². The summed E-state index contributed by atoms with van der Waals surface area (Å²) < 4.78 is 14.2. The van der Waals surface area contributed by atoms with Gasteiger partial charge in [-0.15, -0.1) is 0 Å². The fourth-order valence-corrected chi connectivity index (χ4v) is 2.11. The summed E-state index contributed by atoms with van der Waals surface area (Å²) in [5.41, 5.74) is 0.341. The number of piperidine rings is 1. The number of carbonyl (C=O) groups is 2. The number of imide groups is 1. The number of halogens is 2. The molecule has 1 atom stereocenters. The highest BCUT2D eigenvalue weighted by Gasteiger charge is 2.29. The summed E-state index contributed by atoms with van der Waals surface area (Å²) in [4.78, 5) is 22.5. The molecule has 16 heavy (non-hydrogen) atoms. The van der Waals surface area contributed by atoms with Crippen molar-refractivity contribution in [3.63, 3.8) is 0 Å². The monoisotopic (exact) mass is 285 g/mol. The molecule has 2 rings (SSSR count). The topological polar surface area (TPSA) is 46.2 Å². The highest BCUT2D eigenvalue weighted by atomic mass is 79.9. The van der Waals surface area contributed by atoms with Crippen molar-refractivity contribution in [2.24, 2.45) is 0 Å². The number of rotatable bonds is 1. The van der Waals surface area contributed by atoms with Crippen molar-refractivity contribution in [3.8, 4) is 0 Å². The molecule has 3 nitrogen and oxygen atoms in total. The van der Waals surface area contributed by atoms with Gasteiger partial charge < -0.3 is 0 Å². The first-order chi connectivity index (χ1) is 7.58. The molecule has 1 heterocycles. The summed E-state index contributed by atoms with van der Waals surface area (Å²) in [5, 5.41) is 2.21. The molecule has 2 amide bonds. The van der Waals surface area contributed by atoms with E-state index in [4.69, 9.17) is 0 Å². The van der Waals surface area contributed by atoms with Gasteiger partial charge in [-0.1, -0.05) is 22.0 Å². The standard InChI is InChI=1S/C11H9BrFNO2/c12-6-1-2-7(9(13)5-6)8-3-4-10(15)14-11(8)16/h1-2,5,8H,3-4H2,(H,14,15,16). The molecule has 1 saturated heterocycles. The zero-order chi connectivity index (χ0) is 11.7. The Morgan fingerprint density at radius 3 is 2.75 bits per heavy atom. The molecule has 84 valence electrons. The van der Waals surface area contributed by atoms with Crippen molar-refractivity contribution >= 4 is 27.7 Å². The van der Waals surface area contributed by atoms with E-state index in [1.807, 2.05) is 0 Å². The van der Waals surface area contributed by atoms with Gasteiger partial charge in [0.1, 0.15) is 5.82 Å². The van der Waals surface area contributed by atoms with E-state index >= 15 is 0 Å². The Hall–Kier alpha value is -1.23. The van der Waals surface area contributed by atoms with Gasteiger partial charge in [0.2, 0.25) is 11.8 Å². The van der Waals surface area contributed by atoms with Crippen LogP contribution in [0, 0.1) is 5.82 Å². The van der Waals surface area contributed by atoms with Crippen LogP contribution in [0.1, 0.15) is 24.3 Å². The maximum atomic E-state index is 13.6. The predicted molar refractivity (Wildman–Crippen MR) is 59.2 cm³/mol.